The van der Waals surface area contributed by atoms with Crippen LogP contribution in [0, 0.1) is 0 Å². The summed E-state index contributed by atoms with van der Waals surface area (Å²) in [6.45, 7) is 6.95. The minimum absolute atomic E-state index is 0.308. The van der Waals surface area contributed by atoms with Gasteiger partial charge < -0.3 is 10.0 Å². The van der Waals surface area contributed by atoms with Gasteiger partial charge in [-0.15, -0.1) is 5.10 Å². The van der Waals surface area contributed by atoms with Crippen molar-refractivity contribution in [2.75, 3.05) is 37.6 Å². The van der Waals surface area contributed by atoms with E-state index in [1.807, 2.05) is 4.90 Å². The lowest BCUT2D eigenvalue weighted by Gasteiger charge is -2.37. The van der Waals surface area contributed by atoms with E-state index in [2.05, 4.69) is 10.00 Å². The maximum atomic E-state index is 12.1. The number of anilines is 1. The first kappa shape index (κ1) is 15.7. The Morgan fingerprint density at radius 2 is 1.71 bits per heavy atom. The molecule has 0 aliphatic carbocycles. The van der Waals surface area contributed by atoms with Crippen molar-refractivity contribution in [2.45, 2.75) is 19.4 Å². The highest BCUT2D eigenvalue weighted by Crippen LogP contribution is 2.11. The number of piperazine rings is 1. The molecule has 8 nitrogen and oxygen atoms in total. The maximum Gasteiger partial charge on any atom is 0.346 e. The average Bonchev–Trinajstić information content (AvgIpc) is 2.40. The summed E-state index contributed by atoms with van der Waals surface area (Å²) in [5.74, 6) is 0.308. The van der Waals surface area contributed by atoms with E-state index in [0.717, 1.165) is 17.7 Å². The van der Waals surface area contributed by atoms with Gasteiger partial charge >= 0.3 is 5.69 Å². The fraction of sp³-hybridized carbons (Fsp3) is 0.769. The molecule has 1 N–H and O–H groups in total. The molecule has 0 radical (unpaired) electrons. The van der Waals surface area contributed by atoms with Crippen molar-refractivity contribution < 1.29 is 5.11 Å². The third-order valence-corrected chi connectivity index (χ3v) is 3.59. The summed E-state index contributed by atoms with van der Waals surface area (Å²) in [4.78, 5) is 27.8. The van der Waals surface area contributed by atoms with Crippen LogP contribution in [-0.2, 0) is 14.1 Å². The average molecular weight is 297 g/mol. The van der Waals surface area contributed by atoms with Crippen LogP contribution in [0.4, 0.5) is 5.82 Å². The molecule has 1 aromatic rings. The molecule has 0 aromatic carbocycles. The van der Waals surface area contributed by atoms with E-state index in [1.165, 1.54) is 18.8 Å². The van der Waals surface area contributed by atoms with E-state index in [-0.39, 0.29) is 5.56 Å². The van der Waals surface area contributed by atoms with Gasteiger partial charge in [0, 0.05) is 46.8 Å². The molecule has 21 heavy (non-hydrogen) atoms. The van der Waals surface area contributed by atoms with Gasteiger partial charge in [-0.05, 0) is 13.8 Å². The number of aromatic nitrogens is 3. The van der Waals surface area contributed by atoms with Gasteiger partial charge in [0.25, 0.3) is 5.56 Å². The lowest BCUT2D eigenvalue weighted by molar-refractivity contribution is 0.0344. The van der Waals surface area contributed by atoms with Crippen molar-refractivity contribution in [1.29, 1.82) is 0 Å². The first-order chi connectivity index (χ1) is 9.69. The Morgan fingerprint density at radius 3 is 2.24 bits per heavy atom. The van der Waals surface area contributed by atoms with Crippen LogP contribution < -0.4 is 16.1 Å². The number of hydrogen-bond donors (Lipinski definition) is 1. The van der Waals surface area contributed by atoms with Gasteiger partial charge in [0.2, 0.25) is 5.82 Å². The predicted molar refractivity (Wildman–Crippen MR) is 79.7 cm³/mol. The molecule has 1 aliphatic heterocycles. The van der Waals surface area contributed by atoms with Crippen molar-refractivity contribution >= 4 is 5.82 Å². The number of aryl methyl sites for hydroxylation is 1. The number of hydrogen-bond acceptors (Lipinski definition) is 6. The fourth-order valence-corrected chi connectivity index (χ4v) is 2.55. The number of aliphatic hydroxyl groups is 1. The first-order valence-corrected chi connectivity index (χ1v) is 7.03. The maximum absolute atomic E-state index is 12.1. The van der Waals surface area contributed by atoms with Crippen molar-refractivity contribution in [3.63, 3.8) is 0 Å². The lowest BCUT2D eigenvalue weighted by Crippen LogP contribution is -2.53. The molecule has 0 unspecified atom stereocenters. The van der Waals surface area contributed by atoms with E-state index in [1.54, 1.807) is 13.8 Å². The van der Waals surface area contributed by atoms with Crippen LogP contribution in [0.1, 0.15) is 13.8 Å². The quantitative estimate of drug-likeness (QED) is 0.721. The van der Waals surface area contributed by atoms with Crippen molar-refractivity contribution in [3.8, 4) is 0 Å². The Hall–Kier alpha value is -1.67. The van der Waals surface area contributed by atoms with Gasteiger partial charge in [0.1, 0.15) is 0 Å². The van der Waals surface area contributed by atoms with E-state index < -0.39 is 11.3 Å². The topological polar surface area (TPSA) is 83.6 Å². The summed E-state index contributed by atoms with van der Waals surface area (Å²) in [7, 11) is 3.00. The Morgan fingerprint density at radius 1 is 1.14 bits per heavy atom. The number of rotatable bonds is 3. The molecule has 0 spiro atoms. The van der Waals surface area contributed by atoms with Crippen LogP contribution in [-0.4, -0.2) is 62.7 Å². The second kappa shape index (κ2) is 5.61. The highest BCUT2D eigenvalue weighted by Gasteiger charge is 2.25. The van der Waals surface area contributed by atoms with Gasteiger partial charge in [-0.1, -0.05) is 0 Å². The Kier molecular flexibility index (Phi) is 4.20. The monoisotopic (exact) mass is 297 g/mol. The number of nitrogens with zero attached hydrogens (tertiary/aromatic N) is 5. The summed E-state index contributed by atoms with van der Waals surface area (Å²) in [5, 5.41) is 13.9. The molecule has 1 aromatic heterocycles. The third kappa shape index (κ3) is 3.51. The molecule has 0 amide bonds. The fourth-order valence-electron chi connectivity index (χ4n) is 2.55. The molecule has 1 fully saturated rings. The molecule has 2 heterocycles. The van der Waals surface area contributed by atoms with Gasteiger partial charge in [-0.25, -0.2) is 9.48 Å². The van der Waals surface area contributed by atoms with Crippen LogP contribution in [0.5, 0.6) is 0 Å². The minimum atomic E-state index is -0.729. The molecular weight excluding hydrogens is 274 g/mol. The highest BCUT2D eigenvalue weighted by atomic mass is 16.3. The summed E-state index contributed by atoms with van der Waals surface area (Å²) in [6.07, 6.45) is 0. The summed E-state index contributed by atoms with van der Waals surface area (Å²) in [5.41, 5.74) is -1.52. The van der Waals surface area contributed by atoms with Gasteiger partial charge in [0.05, 0.1) is 5.60 Å². The third-order valence-electron chi connectivity index (χ3n) is 3.59. The first-order valence-electron chi connectivity index (χ1n) is 7.03. The van der Waals surface area contributed by atoms with Crippen LogP contribution in [0.25, 0.3) is 0 Å². The largest absolute Gasteiger partial charge is 0.389 e. The van der Waals surface area contributed by atoms with Gasteiger partial charge in [-0.3, -0.25) is 14.3 Å². The standard InChI is InChI=1S/C13H23N5O3/c1-13(2,21)9-17-5-7-18(8-6-17)10-11(19)15(3)12(20)16(4)14-10/h21H,5-9H2,1-4H3. The molecule has 8 heteroatoms. The zero-order valence-electron chi connectivity index (χ0n) is 13.0. The molecule has 0 bridgehead atoms. The van der Waals surface area contributed by atoms with Crippen LogP contribution >= 0.6 is 0 Å². The molecule has 1 aliphatic rings. The normalized spacial score (nSPS) is 17.3. The van der Waals surface area contributed by atoms with Gasteiger partial charge in [-0.2, -0.15) is 0 Å². The SMILES string of the molecule is Cn1nc(N2CCN(CC(C)(C)O)CC2)c(=O)n(C)c1=O. The van der Waals surface area contributed by atoms with Crippen LogP contribution in [0.3, 0.4) is 0 Å². The van der Waals surface area contributed by atoms with Crippen LogP contribution in [0.2, 0.25) is 0 Å². The molecular formula is C13H23N5O3. The van der Waals surface area contributed by atoms with E-state index >= 15 is 0 Å². The predicted octanol–water partition coefficient (Wildman–Crippen LogP) is -1.63. The molecule has 0 saturated carbocycles. The second-order valence-corrected chi connectivity index (χ2v) is 6.17. The van der Waals surface area contributed by atoms with E-state index in [9.17, 15) is 14.7 Å². The zero-order valence-corrected chi connectivity index (χ0v) is 13.0. The van der Waals surface area contributed by atoms with Crippen molar-refractivity contribution in [2.24, 2.45) is 14.1 Å². The van der Waals surface area contributed by atoms with Crippen LogP contribution in [0.15, 0.2) is 9.59 Å². The summed E-state index contributed by atoms with van der Waals surface area (Å²) in [6, 6.07) is 0. The zero-order chi connectivity index (χ0) is 15.8. The highest BCUT2D eigenvalue weighted by molar-refractivity contribution is 5.35. The van der Waals surface area contributed by atoms with E-state index in [0.29, 0.717) is 25.5 Å². The summed E-state index contributed by atoms with van der Waals surface area (Å²) < 4.78 is 2.26. The van der Waals surface area contributed by atoms with E-state index in [4.69, 9.17) is 0 Å². The number of β-amino-alcohol motifs (C(OH)–C–C–N with tert-alkyl or cyclic N) is 1. The van der Waals surface area contributed by atoms with Crippen molar-refractivity contribution in [1.82, 2.24) is 19.2 Å². The Balaban J connectivity index is 2.13. The summed E-state index contributed by atoms with van der Waals surface area (Å²) >= 11 is 0. The van der Waals surface area contributed by atoms with Gasteiger partial charge in [0.15, 0.2) is 0 Å². The Labute approximate surface area is 123 Å². The second-order valence-electron chi connectivity index (χ2n) is 6.17. The smallest absolute Gasteiger partial charge is 0.346 e. The molecule has 1 saturated heterocycles. The molecule has 0 atom stereocenters. The lowest BCUT2D eigenvalue weighted by atomic mass is 10.1. The molecule has 2 rings (SSSR count). The Bertz CT molecular complexity index is 620. The van der Waals surface area contributed by atoms with Crippen molar-refractivity contribution in [3.05, 3.63) is 20.8 Å². The molecule has 118 valence electrons. The minimum Gasteiger partial charge on any atom is -0.389 e.